The summed E-state index contributed by atoms with van der Waals surface area (Å²) in [6.45, 7) is 4.80. The lowest BCUT2D eigenvalue weighted by molar-refractivity contribution is 0.0953. The van der Waals surface area contributed by atoms with Crippen LogP contribution in [0.1, 0.15) is 45.7 Å². The van der Waals surface area contributed by atoms with E-state index in [2.05, 4.69) is 0 Å². The van der Waals surface area contributed by atoms with Crippen LogP contribution in [0.3, 0.4) is 0 Å². The van der Waals surface area contributed by atoms with E-state index in [0.29, 0.717) is 16.7 Å². The second kappa shape index (κ2) is 11.1. The fourth-order valence-corrected chi connectivity index (χ4v) is 6.27. The molecule has 0 saturated carbocycles. The second-order valence-electron chi connectivity index (χ2n) is 10.6. The predicted molar refractivity (Wildman–Crippen MR) is 164 cm³/mol. The molecule has 0 bridgehead atoms. The number of carbonyl (C=O) groups is 2. The Bertz CT molecular complexity index is 1820. The van der Waals surface area contributed by atoms with Gasteiger partial charge in [-0.3, -0.25) is 9.59 Å². The third-order valence-electron chi connectivity index (χ3n) is 7.43. The summed E-state index contributed by atoms with van der Waals surface area (Å²) in [6, 6.07) is 38.2. The van der Waals surface area contributed by atoms with Gasteiger partial charge in [-0.15, -0.1) is 0 Å². The molecule has 0 spiro atoms. The number of carbonyl (C=O) groups excluding carboxylic acids is 2. The fraction of sp³-hybridized carbons (Fsp3) is 0.111. The minimum atomic E-state index is -3.91. The van der Waals surface area contributed by atoms with Gasteiger partial charge in [0.05, 0.1) is 4.90 Å². The topological polar surface area (TPSA) is 68.3 Å². The van der Waals surface area contributed by atoms with Crippen molar-refractivity contribution in [3.63, 3.8) is 0 Å². The highest BCUT2D eigenvalue weighted by atomic mass is 32.2. The smallest absolute Gasteiger partial charge is 0.193 e. The Kier molecular flexibility index (Phi) is 7.57. The van der Waals surface area contributed by atoms with Crippen molar-refractivity contribution < 1.29 is 18.0 Å². The number of benzene rings is 5. The van der Waals surface area contributed by atoms with Crippen LogP contribution in [0.4, 0.5) is 0 Å². The lowest BCUT2D eigenvalue weighted by atomic mass is 9.92. The zero-order valence-electron chi connectivity index (χ0n) is 23.2. The molecule has 5 rings (SSSR count). The molecular formula is C36H30O4S. The Hall–Kier alpha value is -4.61. The number of Topliss-reactive ketones (excluding diaryl/α,β-unsaturated/α-hetero) is 1. The van der Waals surface area contributed by atoms with E-state index in [0.717, 1.165) is 27.8 Å². The van der Waals surface area contributed by atoms with Gasteiger partial charge in [0, 0.05) is 16.7 Å². The lowest BCUT2D eigenvalue weighted by Crippen LogP contribution is -2.40. The van der Waals surface area contributed by atoms with Crippen molar-refractivity contribution >= 4 is 21.4 Å². The fourth-order valence-electron chi connectivity index (χ4n) is 4.83. The molecule has 204 valence electrons. The molecule has 0 aliphatic rings. The third kappa shape index (κ3) is 5.41. The van der Waals surface area contributed by atoms with E-state index in [9.17, 15) is 18.0 Å². The molecular weight excluding hydrogens is 528 g/mol. The summed E-state index contributed by atoms with van der Waals surface area (Å²) < 4.78 is 25.1. The number of rotatable bonds is 8. The summed E-state index contributed by atoms with van der Waals surface area (Å²) in [6.07, 6.45) is 0. The van der Waals surface area contributed by atoms with Crippen molar-refractivity contribution in [2.75, 3.05) is 0 Å². The molecule has 5 aromatic carbocycles. The Balaban J connectivity index is 1.41. The highest BCUT2D eigenvalue weighted by Gasteiger charge is 2.43. The van der Waals surface area contributed by atoms with Crippen LogP contribution in [0, 0.1) is 6.92 Å². The molecule has 0 aliphatic carbocycles. The van der Waals surface area contributed by atoms with Crippen LogP contribution in [0.25, 0.3) is 22.3 Å². The molecule has 0 amide bonds. The Morgan fingerprint density at radius 3 is 1.49 bits per heavy atom. The van der Waals surface area contributed by atoms with E-state index in [1.807, 2.05) is 85.8 Å². The van der Waals surface area contributed by atoms with Gasteiger partial charge in [-0.1, -0.05) is 121 Å². The number of hydrogen-bond acceptors (Lipinski definition) is 4. The Labute approximate surface area is 241 Å². The average Bonchev–Trinajstić information content (AvgIpc) is 3.01. The molecule has 0 aliphatic heterocycles. The summed E-state index contributed by atoms with van der Waals surface area (Å²) in [5.74, 6) is -0.491. The van der Waals surface area contributed by atoms with E-state index < -0.39 is 20.4 Å². The maximum Gasteiger partial charge on any atom is 0.193 e. The molecule has 0 N–H and O–H groups in total. The molecule has 0 heterocycles. The summed E-state index contributed by atoms with van der Waals surface area (Å²) in [5.41, 5.74) is 6.31. The van der Waals surface area contributed by atoms with E-state index in [1.54, 1.807) is 48.5 Å². The Morgan fingerprint density at radius 2 is 0.976 bits per heavy atom. The zero-order chi connectivity index (χ0) is 29.2. The SMILES string of the molecule is Cc1ccc(S(=O)(=O)C(C)(C)C(=O)c2ccc(-c3ccccc3-c3ccc(C(=O)c4ccccc4)cc3)cc2)cc1. The van der Waals surface area contributed by atoms with E-state index in [1.165, 1.54) is 13.8 Å². The first-order valence-corrected chi connectivity index (χ1v) is 14.8. The summed E-state index contributed by atoms with van der Waals surface area (Å²) in [4.78, 5) is 26.4. The monoisotopic (exact) mass is 558 g/mol. The molecule has 5 aromatic rings. The van der Waals surface area contributed by atoms with Gasteiger partial charge in [-0.2, -0.15) is 0 Å². The number of ketones is 2. The van der Waals surface area contributed by atoms with Crippen LogP contribution >= 0.6 is 0 Å². The van der Waals surface area contributed by atoms with Crippen molar-refractivity contribution in [1.29, 1.82) is 0 Å². The van der Waals surface area contributed by atoms with Crippen LogP contribution in [0.5, 0.6) is 0 Å². The third-order valence-corrected chi connectivity index (χ3v) is 9.85. The van der Waals surface area contributed by atoms with Gasteiger partial charge in [-0.25, -0.2) is 8.42 Å². The van der Waals surface area contributed by atoms with Crippen LogP contribution in [0.2, 0.25) is 0 Å². The van der Waals surface area contributed by atoms with Crippen molar-refractivity contribution in [2.45, 2.75) is 30.4 Å². The van der Waals surface area contributed by atoms with Crippen LogP contribution in [-0.2, 0) is 9.84 Å². The quantitative estimate of drug-likeness (QED) is 0.181. The van der Waals surface area contributed by atoms with Gasteiger partial charge in [0.25, 0.3) is 0 Å². The van der Waals surface area contributed by atoms with Gasteiger partial charge in [0.2, 0.25) is 0 Å². The molecule has 41 heavy (non-hydrogen) atoms. The standard InChI is InChI=1S/C36H30O4S/c1-25-13-23-31(24-14-25)41(39,40)36(2,3)35(38)30-21-17-27(18-22-30)33-12-8-7-11-32(33)26-15-19-29(20-16-26)34(37)28-9-5-4-6-10-28/h4-24H,1-3H3. The highest BCUT2D eigenvalue weighted by molar-refractivity contribution is 7.93. The first kappa shape index (κ1) is 27.9. The summed E-state index contributed by atoms with van der Waals surface area (Å²) in [5, 5.41) is 0. The van der Waals surface area contributed by atoms with E-state index in [-0.39, 0.29) is 10.7 Å². The second-order valence-corrected chi connectivity index (χ2v) is 13.1. The van der Waals surface area contributed by atoms with Gasteiger partial charge in [-0.05, 0) is 55.2 Å². The van der Waals surface area contributed by atoms with Gasteiger partial charge >= 0.3 is 0 Å². The molecule has 5 heteroatoms. The summed E-state index contributed by atoms with van der Waals surface area (Å²) in [7, 11) is -3.91. The molecule has 0 atom stereocenters. The number of sulfone groups is 1. The highest BCUT2D eigenvalue weighted by Crippen LogP contribution is 2.34. The van der Waals surface area contributed by atoms with Crippen molar-refractivity contribution in [3.8, 4) is 22.3 Å². The van der Waals surface area contributed by atoms with Crippen LogP contribution in [-0.4, -0.2) is 24.7 Å². The minimum absolute atomic E-state index is 0.0296. The first-order valence-electron chi connectivity index (χ1n) is 13.4. The van der Waals surface area contributed by atoms with Gasteiger partial charge in [0.15, 0.2) is 21.4 Å². The summed E-state index contributed by atoms with van der Waals surface area (Å²) >= 11 is 0. The minimum Gasteiger partial charge on any atom is -0.292 e. The van der Waals surface area contributed by atoms with Crippen molar-refractivity contribution in [2.24, 2.45) is 0 Å². The molecule has 4 nitrogen and oxygen atoms in total. The first-order chi connectivity index (χ1) is 19.6. The molecule has 0 unspecified atom stereocenters. The molecule has 0 saturated heterocycles. The van der Waals surface area contributed by atoms with Crippen molar-refractivity contribution in [1.82, 2.24) is 0 Å². The average molecular weight is 559 g/mol. The van der Waals surface area contributed by atoms with E-state index in [4.69, 9.17) is 0 Å². The maximum absolute atomic E-state index is 13.5. The predicted octanol–water partition coefficient (Wildman–Crippen LogP) is 8.00. The lowest BCUT2D eigenvalue weighted by Gasteiger charge is -2.24. The van der Waals surface area contributed by atoms with Crippen molar-refractivity contribution in [3.05, 3.63) is 150 Å². The molecule has 0 radical (unpaired) electrons. The maximum atomic E-state index is 13.5. The van der Waals surface area contributed by atoms with Crippen LogP contribution < -0.4 is 0 Å². The van der Waals surface area contributed by atoms with Gasteiger partial charge < -0.3 is 0 Å². The van der Waals surface area contributed by atoms with Gasteiger partial charge in [0.1, 0.15) is 4.75 Å². The van der Waals surface area contributed by atoms with E-state index >= 15 is 0 Å². The molecule has 0 fully saturated rings. The zero-order valence-corrected chi connectivity index (χ0v) is 24.0. The normalized spacial score (nSPS) is 11.7. The largest absolute Gasteiger partial charge is 0.292 e. The molecule has 0 aromatic heterocycles. The number of aryl methyl sites for hydroxylation is 1. The Morgan fingerprint density at radius 1 is 0.537 bits per heavy atom. The number of hydrogen-bond donors (Lipinski definition) is 0. The van der Waals surface area contributed by atoms with Crippen LogP contribution in [0.15, 0.2) is 132 Å².